The predicted octanol–water partition coefficient (Wildman–Crippen LogP) is 4.15. The fourth-order valence-electron chi connectivity index (χ4n) is 2.69. The highest BCUT2D eigenvalue weighted by Crippen LogP contribution is 2.35. The van der Waals surface area contributed by atoms with Crippen molar-refractivity contribution >= 4 is 5.91 Å². The zero-order chi connectivity index (χ0) is 16.1. The van der Waals surface area contributed by atoms with Crippen molar-refractivity contribution in [2.75, 3.05) is 20.2 Å². The summed E-state index contributed by atoms with van der Waals surface area (Å²) in [4.78, 5) is 14.7. The summed E-state index contributed by atoms with van der Waals surface area (Å²) in [6, 6.07) is 13.7. The minimum absolute atomic E-state index is 0.0437. The lowest BCUT2D eigenvalue weighted by Gasteiger charge is -2.22. The van der Waals surface area contributed by atoms with Crippen LogP contribution >= 0.6 is 0 Å². The molecule has 0 saturated carbocycles. The highest BCUT2D eigenvalue weighted by Gasteiger charge is 2.21. The highest BCUT2D eigenvalue weighted by atomic mass is 16.5. The third kappa shape index (κ3) is 2.98. The molecule has 0 unspecified atom stereocenters. The second-order valence-corrected chi connectivity index (χ2v) is 5.18. The van der Waals surface area contributed by atoms with Gasteiger partial charge in [-0.3, -0.25) is 4.79 Å². The van der Waals surface area contributed by atoms with Crippen LogP contribution in [-0.2, 0) is 0 Å². The summed E-state index contributed by atoms with van der Waals surface area (Å²) < 4.78 is 5.52. The van der Waals surface area contributed by atoms with Crippen molar-refractivity contribution in [3.05, 3.63) is 53.6 Å². The Hall–Kier alpha value is -2.29. The predicted molar refractivity (Wildman–Crippen MR) is 90.4 cm³/mol. The molecule has 0 fully saturated rings. The van der Waals surface area contributed by atoms with Crippen LogP contribution in [0.4, 0.5) is 0 Å². The van der Waals surface area contributed by atoms with Crippen LogP contribution in [0.5, 0.6) is 5.75 Å². The normalized spacial score (nSPS) is 10.4. The maximum Gasteiger partial charge on any atom is 0.254 e. The van der Waals surface area contributed by atoms with Gasteiger partial charge in [0.05, 0.1) is 12.7 Å². The van der Waals surface area contributed by atoms with Crippen molar-refractivity contribution in [3.63, 3.8) is 0 Å². The fraction of sp³-hybridized carbons (Fsp3) is 0.316. The van der Waals surface area contributed by atoms with Crippen LogP contribution in [-0.4, -0.2) is 31.0 Å². The summed E-state index contributed by atoms with van der Waals surface area (Å²) in [6.07, 6.45) is 0. The Bertz CT molecular complexity index is 660. The molecule has 0 aliphatic heterocycles. The van der Waals surface area contributed by atoms with Gasteiger partial charge in [-0.1, -0.05) is 30.3 Å². The van der Waals surface area contributed by atoms with E-state index in [1.54, 1.807) is 7.11 Å². The monoisotopic (exact) mass is 297 g/mol. The van der Waals surface area contributed by atoms with Crippen LogP contribution in [0.25, 0.3) is 11.1 Å². The van der Waals surface area contributed by atoms with Gasteiger partial charge in [-0.05, 0) is 44.0 Å². The number of amides is 1. The summed E-state index contributed by atoms with van der Waals surface area (Å²) in [5.74, 6) is 0.773. The summed E-state index contributed by atoms with van der Waals surface area (Å²) >= 11 is 0. The lowest BCUT2D eigenvalue weighted by atomic mass is 9.94. The molecule has 3 heteroatoms. The van der Waals surface area contributed by atoms with E-state index in [2.05, 4.69) is 0 Å². The van der Waals surface area contributed by atoms with Crippen LogP contribution in [0.2, 0.25) is 0 Å². The van der Waals surface area contributed by atoms with E-state index in [9.17, 15) is 4.79 Å². The van der Waals surface area contributed by atoms with E-state index in [0.717, 1.165) is 22.4 Å². The summed E-state index contributed by atoms with van der Waals surface area (Å²) in [6.45, 7) is 7.43. The van der Waals surface area contributed by atoms with Gasteiger partial charge in [0, 0.05) is 18.7 Å². The fourth-order valence-corrected chi connectivity index (χ4v) is 2.69. The average molecular weight is 297 g/mol. The van der Waals surface area contributed by atoms with Gasteiger partial charge in [-0.2, -0.15) is 0 Å². The van der Waals surface area contributed by atoms with Crippen LogP contribution in [0.3, 0.4) is 0 Å². The molecular weight excluding hydrogens is 274 g/mol. The second-order valence-electron chi connectivity index (χ2n) is 5.18. The van der Waals surface area contributed by atoms with E-state index < -0.39 is 0 Å². The molecule has 0 aromatic heterocycles. The molecule has 22 heavy (non-hydrogen) atoms. The SMILES string of the molecule is CCN(CC)C(=O)c1cccc(OC)c1-c1ccccc1C. The molecule has 0 radical (unpaired) electrons. The number of carbonyl (C=O) groups is 1. The molecule has 116 valence electrons. The Labute approximate surface area is 132 Å². The number of hydrogen-bond acceptors (Lipinski definition) is 2. The smallest absolute Gasteiger partial charge is 0.254 e. The number of benzene rings is 2. The van der Waals surface area contributed by atoms with Crippen molar-refractivity contribution in [3.8, 4) is 16.9 Å². The summed E-state index contributed by atoms with van der Waals surface area (Å²) in [5, 5.41) is 0. The van der Waals surface area contributed by atoms with Gasteiger partial charge < -0.3 is 9.64 Å². The molecule has 2 aromatic carbocycles. The Morgan fingerprint density at radius 2 is 1.73 bits per heavy atom. The van der Waals surface area contributed by atoms with Crippen molar-refractivity contribution < 1.29 is 9.53 Å². The minimum atomic E-state index is 0.0437. The molecule has 0 spiro atoms. The van der Waals surface area contributed by atoms with Crippen molar-refractivity contribution in [2.24, 2.45) is 0 Å². The lowest BCUT2D eigenvalue weighted by Crippen LogP contribution is -2.30. The van der Waals surface area contributed by atoms with Gasteiger partial charge in [-0.15, -0.1) is 0 Å². The molecule has 0 atom stereocenters. The molecule has 2 aromatic rings. The van der Waals surface area contributed by atoms with Crippen LogP contribution < -0.4 is 4.74 Å². The Kier molecular flexibility index (Phi) is 5.21. The van der Waals surface area contributed by atoms with Crippen molar-refractivity contribution in [1.29, 1.82) is 0 Å². The van der Waals surface area contributed by atoms with Gasteiger partial charge in [0.25, 0.3) is 5.91 Å². The van der Waals surface area contributed by atoms with E-state index in [4.69, 9.17) is 4.74 Å². The molecule has 1 amide bonds. The van der Waals surface area contributed by atoms with E-state index >= 15 is 0 Å². The first-order chi connectivity index (χ1) is 10.6. The highest BCUT2D eigenvalue weighted by molar-refractivity contribution is 6.02. The van der Waals surface area contributed by atoms with Crippen LogP contribution in [0.15, 0.2) is 42.5 Å². The average Bonchev–Trinajstić information content (AvgIpc) is 2.55. The molecule has 0 aliphatic rings. The number of ether oxygens (including phenoxy) is 1. The maximum absolute atomic E-state index is 12.9. The number of aryl methyl sites for hydroxylation is 1. The van der Waals surface area contributed by atoms with Gasteiger partial charge in [0.15, 0.2) is 0 Å². The first-order valence-electron chi connectivity index (χ1n) is 7.66. The summed E-state index contributed by atoms with van der Waals surface area (Å²) in [7, 11) is 1.64. The number of hydrogen-bond donors (Lipinski definition) is 0. The van der Waals surface area contributed by atoms with Gasteiger partial charge in [-0.25, -0.2) is 0 Å². The molecule has 0 bridgehead atoms. The standard InChI is InChI=1S/C19H23NO2/c1-5-20(6-2)19(21)16-12-9-13-17(22-4)18(16)15-11-8-7-10-14(15)3/h7-13H,5-6H2,1-4H3. The Morgan fingerprint density at radius 1 is 1.05 bits per heavy atom. The Morgan fingerprint density at radius 3 is 2.32 bits per heavy atom. The van der Waals surface area contributed by atoms with E-state index in [-0.39, 0.29) is 5.91 Å². The topological polar surface area (TPSA) is 29.5 Å². The van der Waals surface area contributed by atoms with Gasteiger partial charge >= 0.3 is 0 Å². The number of rotatable bonds is 5. The molecule has 0 aliphatic carbocycles. The minimum Gasteiger partial charge on any atom is -0.496 e. The molecule has 2 rings (SSSR count). The Balaban J connectivity index is 2.66. The molecule has 0 saturated heterocycles. The van der Waals surface area contributed by atoms with Gasteiger partial charge in [0.2, 0.25) is 0 Å². The van der Waals surface area contributed by atoms with Crippen LogP contribution in [0, 0.1) is 6.92 Å². The number of methoxy groups -OCH3 is 1. The molecular formula is C19H23NO2. The van der Waals surface area contributed by atoms with Crippen molar-refractivity contribution in [2.45, 2.75) is 20.8 Å². The second kappa shape index (κ2) is 7.12. The first kappa shape index (κ1) is 16.1. The van der Waals surface area contributed by atoms with E-state index in [1.807, 2.05) is 68.1 Å². The zero-order valence-corrected chi connectivity index (χ0v) is 13.7. The lowest BCUT2D eigenvalue weighted by molar-refractivity contribution is 0.0773. The molecule has 0 N–H and O–H groups in total. The summed E-state index contributed by atoms with van der Waals surface area (Å²) in [5.41, 5.74) is 3.73. The van der Waals surface area contributed by atoms with Gasteiger partial charge in [0.1, 0.15) is 5.75 Å². The third-order valence-corrected chi connectivity index (χ3v) is 3.94. The molecule has 0 heterocycles. The number of nitrogens with zero attached hydrogens (tertiary/aromatic N) is 1. The number of carbonyl (C=O) groups excluding carboxylic acids is 1. The molecule has 3 nitrogen and oxygen atoms in total. The van der Waals surface area contributed by atoms with E-state index in [1.165, 1.54) is 0 Å². The largest absolute Gasteiger partial charge is 0.496 e. The van der Waals surface area contributed by atoms with Crippen LogP contribution in [0.1, 0.15) is 29.8 Å². The quantitative estimate of drug-likeness (QED) is 0.829. The maximum atomic E-state index is 12.9. The first-order valence-corrected chi connectivity index (χ1v) is 7.66. The van der Waals surface area contributed by atoms with Crippen molar-refractivity contribution in [1.82, 2.24) is 4.90 Å². The zero-order valence-electron chi connectivity index (χ0n) is 13.7. The third-order valence-electron chi connectivity index (χ3n) is 3.94. The van der Waals surface area contributed by atoms with E-state index in [0.29, 0.717) is 18.7 Å².